The number of aromatic nitrogens is 1. The van der Waals surface area contributed by atoms with Crippen LogP contribution in [0.5, 0.6) is 0 Å². The fourth-order valence-corrected chi connectivity index (χ4v) is 2.97. The molecule has 1 aromatic rings. The molecule has 1 aliphatic rings. The molecule has 0 saturated heterocycles. The molecule has 5 heteroatoms. The summed E-state index contributed by atoms with van der Waals surface area (Å²) in [6, 6.07) is 0. The molecule has 0 saturated carbocycles. The van der Waals surface area contributed by atoms with Crippen molar-refractivity contribution >= 4 is 23.1 Å². The second kappa shape index (κ2) is 4.33. The number of hydrogen-bond acceptors (Lipinski definition) is 5. The molecule has 1 heterocycles. The normalized spacial score (nSPS) is 19.4. The van der Waals surface area contributed by atoms with E-state index in [1.165, 1.54) is 11.3 Å². The summed E-state index contributed by atoms with van der Waals surface area (Å²) in [6.45, 7) is 3.93. The molecule has 1 aliphatic carbocycles. The van der Waals surface area contributed by atoms with Gasteiger partial charge in [0, 0.05) is 11.3 Å². The number of rotatable bonds is 2. The summed E-state index contributed by atoms with van der Waals surface area (Å²) in [7, 11) is 0. The first-order valence-corrected chi connectivity index (χ1v) is 6.10. The molecule has 0 spiro atoms. The Hall–Kier alpha value is -1.23. The molecule has 0 N–H and O–H groups in total. The van der Waals surface area contributed by atoms with Crippen molar-refractivity contribution in [2.45, 2.75) is 32.6 Å². The van der Waals surface area contributed by atoms with Crippen molar-refractivity contribution < 1.29 is 14.3 Å². The molecule has 0 aliphatic heterocycles. The van der Waals surface area contributed by atoms with Crippen molar-refractivity contribution in [3.63, 3.8) is 0 Å². The predicted octanol–water partition coefficient (Wildman–Crippen LogP) is 1.61. The van der Waals surface area contributed by atoms with Gasteiger partial charge in [0.15, 0.2) is 11.7 Å². The SMILES string of the molecule is CCOC(=O)[C@H]1C(=O)CCc2nc(C)sc21. The molecule has 0 aromatic carbocycles. The van der Waals surface area contributed by atoms with Crippen LogP contribution < -0.4 is 0 Å². The van der Waals surface area contributed by atoms with Crippen LogP contribution in [-0.4, -0.2) is 23.3 Å². The van der Waals surface area contributed by atoms with Crippen LogP contribution in [0.1, 0.15) is 34.8 Å². The van der Waals surface area contributed by atoms with Crippen molar-refractivity contribution in [1.29, 1.82) is 0 Å². The van der Waals surface area contributed by atoms with Crippen molar-refractivity contribution in [1.82, 2.24) is 4.98 Å². The molecule has 1 atom stereocenters. The van der Waals surface area contributed by atoms with Crippen LogP contribution in [0.25, 0.3) is 0 Å². The number of aryl methyl sites for hydroxylation is 2. The zero-order valence-electron chi connectivity index (χ0n) is 9.28. The number of thiazole rings is 1. The number of Topliss-reactive ketones (excluding diaryl/α,β-unsaturated/α-hetero) is 1. The van der Waals surface area contributed by atoms with Crippen LogP contribution in [0.2, 0.25) is 0 Å². The second-order valence-corrected chi connectivity index (χ2v) is 4.93. The van der Waals surface area contributed by atoms with E-state index in [1.54, 1.807) is 6.92 Å². The van der Waals surface area contributed by atoms with E-state index in [0.717, 1.165) is 15.6 Å². The van der Waals surface area contributed by atoms with E-state index in [1.807, 2.05) is 6.92 Å². The highest BCUT2D eigenvalue weighted by molar-refractivity contribution is 7.12. The number of hydrogen-bond donors (Lipinski definition) is 0. The summed E-state index contributed by atoms with van der Waals surface area (Å²) in [6.07, 6.45) is 1.04. The number of carbonyl (C=O) groups is 2. The van der Waals surface area contributed by atoms with Crippen molar-refractivity contribution in [2.75, 3.05) is 6.61 Å². The van der Waals surface area contributed by atoms with Gasteiger partial charge >= 0.3 is 5.97 Å². The first kappa shape index (κ1) is 11.3. The van der Waals surface area contributed by atoms with E-state index in [2.05, 4.69) is 4.98 Å². The van der Waals surface area contributed by atoms with Gasteiger partial charge in [-0.05, 0) is 20.3 Å². The van der Waals surface area contributed by atoms with Gasteiger partial charge < -0.3 is 4.74 Å². The van der Waals surface area contributed by atoms with Crippen LogP contribution in [0.4, 0.5) is 0 Å². The molecule has 16 heavy (non-hydrogen) atoms. The Bertz CT molecular complexity index is 438. The van der Waals surface area contributed by atoms with Crippen LogP contribution >= 0.6 is 11.3 Å². The quantitative estimate of drug-likeness (QED) is 0.581. The number of ether oxygens (including phenoxy) is 1. The summed E-state index contributed by atoms with van der Waals surface area (Å²) < 4.78 is 4.94. The summed E-state index contributed by atoms with van der Waals surface area (Å²) in [5, 5.41) is 0.897. The predicted molar refractivity (Wildman–Crippen MR) is 59.6 cm³/mol. The molecule has 86 valence electrons. The van der Waals surface area contributed by atoms with E-state index >= 15 is 0 Å². The van der Waals surface area contributed by atoms with Gasteiger partial charge in [0.05, 0.1) is 17.3 Å². The Morgan fingerprint density at radius 2 is 2.31 bits per heavy atom. The summed E-state index contributed by atoms with van der Waals surface area (Å²) in [5.41, 5.74) is 0.889. The molecule has 0 radical (unpaired) electrons. The third kappa shape index (κ3) is 1.87. The van der Waals surface area contributed by atoms with Crippen molar-refractivity contribution in [3.05, 3.63) is 15.6 Å². The molecule has 0 fully saturated rings. The average Bonchev–Trinajstić information content (AvgIpc) is 2.58. The maximum absolute atomic E-state index is 11.8. The van der Waals surface area contributed by atoms with Gasteiger partial charge in [-0.3, -0.25) is 9.59 Å². The summed E-state index contributed by atoms with van der Waals surface area (Å²) >= 11 is 1.42. The lowest BCUT2D eigenvalue weighted by molar-refractivity contribution is -0.148. The molecule has 4 nitrogen and oxygen atoms in total. The van der Waals surface area contributed by atoms with E-state index in [0.29, 0.717) is 19.4 Å². The standard InChI is InChI=1S/C11H13NO3S/c1-3-15-11(14)9-8(13)5-4-7-10(9)16-6(2)12-7/h9H,3-5H2,1-2H3/t9-/m0/s1. The maximum Gasteiger partial charge on any atom is 0.321 e. The Balaban J connectivity index is 2.36. The van der Waals surface area contributed by atoms with Crippen LogP contribution in [0, 0.1) is 6.92 Å². The molecule has 1 aromatic heterocycles. The van der Waals surface area contributed by atoms with Crippen molar-refractivity contribution in [2.24, 2.45) is 0 Å². The third-order valence-corrected chi connectivity index (χ3v) is 3.63. The monoisotopic (exact) mass is 239 g/mol. The minimum Gasteiger partial charge on any atom is -0.465 e. The Morgan fingerprint density at radius 1 is 1.56 bits per heavy atom. The minimum atomic E-state index is -0.727. The largest absolute Gasteiger partial charge is 0.465 e. The first-order valence-electron chi connectivity index (χ1n) is 5.29. The fraction of sp³-hybridized carbons (Fsp3) is 0.545. The lowest BCUT2D eigenvalue weighted by atomic mass is 9.90. The van der Waals surface area contributed by atoms with Gasteiger partial charge in [-0.2, -0.15) is 0 Å². The van der Waals surface area contributed by atoms with E-state index in [-0.39, 0.29) is 5.78 Å². The smallest absolute Gasteiger partial charge is 0.321 e. The fourth-order valence-electron chi connectivity index (χ4n) is 1.89. The van der Waals surface area contributed by atoms with E-state index in [9.17, 15) is 9.59 Å². The van der Waals surface area contributed by atoms with E-state index < -0.39 is 11.9 Å². The molecule has 2 rings (SSSR count). The number of fused-ring (bicyclic) bond motifs is 1. The number of esters is 1. The summed E-state index contributed by atoms with van der Waals surface area (Å²) in [5.74, 6) is -1.21. The van der Waals surface area contributed by atoms with Gasteiger partial charge in [-0.25, -0.2) is 4.98 Å². The Kier molecular flexibility index (Phi) is 3.05. The highest BCUT2D eigenvalue weighted by Crippen LogP contribution is 2.34. The maximum atomic E-state index is 11.8. The van der Waals surface area contributed by atoms with Gasteiger partial charge in [0.1, 0.15) is 0 Å². The molecular formula is C11H13NO3S. The van der Waals surface area contributed by atoms with Crippen molar-refractivity contribution in [3.8, 4) is 0 Å². The number of ketones is 1. The molecule has 0 amide bonds. The van der Waals surface area contributed by atoms with E-state index in [4.69, 9.17) is 4.74 Å². The zero-order valence-corrected chi connectivity index (χ0v) is 10.1. The van der Waals surface area contributed by atoms with Gasteiger partial charge in [0.25, 0.3) is 0 Å². The number of nitrogens with zero attached hydrogens (tertiary/aromatic N) is 1. The Morgan fingerprint density at radius 3 is 3.00 bits per heavy atom. The Labute approximate surface area is 97.6 Å². The minimum absolute atomic E-state index is 0.0467. The van der Waals surface area contributed by atoms with Crippen LogP contribution in [0.3, 0.4) is 0 Å². The van der Waals surface area contributed by atoms with Crippen LogP contribution in [-0.2, 0) is 20.7 Å². The third-order valence-electron chi connectivity index (χ3n) is 2.55. The highest BCUT2D eigenvalue weighted by atomic mass is 32.1. The second-order valence-electron chi connectivity index (χ2n) is 3.70. The average molecular weight is 239 g/mol. The summed E-state index contributed by atoms with van der Waals surface area (Å²) in [4.78, 5) is 28.6. The highest BCUT2D eigenvalue weighted by Gasteiger charge is 2.37. The molecule has 0 bridgehead atoms. The first-order chi connectivity index (χ1) is 7.63. The topological polar surface area (TPSA) is 56.3 Å². The molecule has 0 unspecified atom stereocenters. The molecular weight excluding hydrogens is 226 g/mol. The van der Waals surface area contributed by atoms with Gasteiger partial charge in [-0.15, -0.1) is 11.3 Å². The lowest BCUT2D eigenvalue weighted by Crippen LogP contribution is -2.28. The van der Waals surface area contributed by atoms with Gasteiger partial charge in [0.2, 0.25) is 0 Å². The zero-order chi connectivity index (χ0) is 11.7. The lowest BCUT2D eigenvalue weighted by Gasteiger charge is -2.18. The van der Waals surface area contributed by atoms with Crippen LogP contribution in [0.15, 0.2) is 0 Å². The number of carbonyl (C=O) groups excluding carboxylic acids is 2. The van der Waals surface area contributed by atoms with Gasteiger partial charge in [-0.1, -0.05) is 0 Å².